The predicted octanol–water partition coefficient (Wildman–Crippen LogP) is 3.57. The van der Waals surface area contributed by atoms with Crippen molar-refractivity contribution in [3.63, 3.8) is 0 Å². The third-order valence-electron chi connectivity index (χ3n) is 4.70. The fourth-order valence-corrected chi connectivity index (χ4v) is 2.95. The summed E-state index contributed by atoms with van der Waals surface area (Å²) in [5, 5.41) is 2.89. The van der Waals surface area contributed by atoms with Crippen molar-refractivity contribution in [3.8, 4) is 5.75 Å². The van der Waals surface area contributed by atoms with Gasteiger partial charge in [0.15, 0.2) is 0 Å². The third kappa shape index (κ3) is 6.41. The first-order valence-corrected chi connectivity index (χ1v) is 9.79. The summed E-state index contributed by atoms with van der Waals surface area (Å²) in [5.74, 6) is 0.613. The summed E-state index contributed by atoms with van der Waals surface area (Å²) in [5.41, 5.74) is 2.08. The molecule has 0 radical (unpaired) electrons. The minimum atomic E-state index is -0.531. The molecule has 0 aliphatic rings. The van der Waals surface area contributed by atoms with Gasteiger partial charge in [0.05, 0.1) is 7.11 Å². The van der Waals surface area contributed by atoms with Crippen molar-refractivity contribution in [2.75, 3.05) is 13.7 Å². The van der Waals surface area contributed by atoms with E-state index in [-0.39, 0.29) is 11.8 Å². The Hall–Kier alpha value is -2.82. The van der Waals surface area contributed by atoms with Crippen molar-refractivity contribution < 1.29 is 14.3 Å². The molecule has 5 nitrogen and oxygen atoms in total. The Balaban J connectivity index is 2.11. The second-order valence-corrected chi connectivity index (χ2v) is 6.82. The van der Waals surface area contributed by atoms with Crippen LogP contribution in [0.5, 0.6) is 5.75 Å². The SMILES string of the molecule is CCCNC(=O)[C@H](C)N(Cc1ccc(OC)cc1)C(=O)CCc1ccccc1. The van der Waals surface area contributed by atoms with Crippen LogP contribution in [0.2, 0.25) is 0 Å². The van der Waals surface area contributed by atoms with Gasteiger partial charge in [-0.2, -0.15) is 0 Å². The van der Waals surface area contributed by atoms with Crippen LogP contribution in [0.15, 0.2) is 54.6 Å². The maximum Gasteiger partial charge on any atom is 0.242 e. The maximum atomic E-state index is 13.0. The molecule has 2 aromatic rings. The Morgan fingerprint density at radius 2 is 1.71 bits per heavy atom. The number of ether oxygens (including phenoxy) is 1. The molecule has 0 bridgehead atoms. The number of aryl methyl sites for hydroxylation is 1. The number of carbonyl (C=O) groups excluding carboxylic acids is 2. The van der Waals surface area contributed by atoms with Crippen LogP contribution in [0.25, 0.3) is 0 Å². The fraction of sp³-hybridized carbons (Fsp3) is 0.391. The van der Waals surface area contributed by atoms with Crippen LogP contribution in [0.4, 0.5) is 0 Å². The first-order valence-electron chi connectivity index (χ1n) is 9.79. The molecule has 0 aromatic heterocycles. The number of benzene rings is 2. The lowest BCUT2D eigenvalue weighted by atomic mass is 10.1. The van der Waals surface area contributed by atoms with Crippen LogP contribution in [-0.4, -0.2) is 36.4 Å². The van der Waals surface area contributed by atoms with Gasteiger partial charge in [-0.25, -0.2) is 0 Å². The van der Waals surface area contributed by atoms with E-state index in [1.54, 1.807) is 18.9 Å². The van der Waals surface area contributed by atoms with E-state index in [4.69, 9.17) is 4.74 Å². The van der Waals surface area contributed by atoms with Crippen LogP contribution < -0.4 is 10.1 Å². The molecular formula is C23H30N2O3. The van der Waals surface area contributed by atoms with Gasteiger partial charge >= 0.3 is 0 Å². The molecule has 2 amide bonds. The minimum Gasteiger partial charge on any atom is -0.497 e. The molecule has 2 rings (SSSR count). The van der Waals surface area contributed by atoms with Crippen LogP contribution in [0.1, 0.15) is 37.8 Å². The second-order valence-electron chi connectivity index (χ2n) is 6.82. The number of hydrogen-bond acceptors (Lipinski definition) is 3. The first kappa shape index (κ1) is 21.5. The van der Waals surface area contributed by atoms with Gasteiger partial charge in [-0.15, -0.1) is 0 Å². The Bertz CT molecular complexity index is 744. The Morgan fingerprint density at radius 3 is 2.32 bits per heavy atom. The number of amides is 2. The molecular weight excluding hydrogens is 352 g/mol. The molecule has 0 aliphatic heterocycles. The maximum absolute atomic E-state index is 13.0. The lowest BCUT2D eigenvalue weighted by Gasteiger charge is -2.29. The average molecular weight is 383 g/mol. The molecule has 0 fully saturated rings. The molecule has 2 aromatic carbocycles. The van der Waals surface area contributed by atoms with E-state index in [0.29, 0.717) is 25.9 Å². The van der Waals surface area contributed by atoms with Gasteiger partial charge in [-0.3, -0.25) is 9.59 Å². The molecule has 1 atom stereocenters. The summed E-state index contributed by atoms with van der Waals surface area (Å²) in [6, 6.07) is 17.0. The number of nitrogens with zero attached hydrogens (tertiary/aromatic N) is 1. The van der Waals surface area contributed by atoms with Gasteiger partial charge in [0.1, 0.15) is 11.8 Å². The van der Waals surface area contributed by atoms with E-state index < -0.39 is 6.04 Å². The molecule has 150 valence electrons. The Morgan fingerprint density at radius 1 is 1.04 bits per heavy atom. The average Bonchev–Trinajstić information content (AvgIpc) is 2.74. The highest BCUT2D eigenvalue weighted by Gasteiger charge is 2.25. The highest BCUT2D eigenvalue weighted by Crippen LogP contribution is 2.16. The minimum absolute atomic E-state index is 0.0289. The fourth-order valence-electron chi connectivity index (χ4n) is 2.95. The predicted molar refractivity (Wildman–Crippen MR) is 111 cm³/mol. The zero-order valence-electron chi connectivity index (χ0n) is 17.0. The van der Waals surface area contributed by atoms with E-state index in [9.17, 15) is 9.59 Å². The Kier molecular flexibility index (Phi) is 8.53. The number of nitrogens with one attached hydrogen (secondary N) is 1. The van der Waals surface area contributed by atoms with Gasteiger partial charge in [0.2, 0.25) is 11.8 Å². The first-order chi connectivity index (χ1) is 13.5. The van der Waals surface area contributed by atoms with Crippen molar-refractivity contribution in [2.24, 2.45) is 0 Å². The molecule has 0 saturated carbocycles. The third-order valence-corrected chi connectivity index (χ3v) is 4.70. The number of rotatable bonds is 10. The largest absolute Gasteiger partial charge is 0.497 e. The Labute approximate surface area is 167 Å². The summed E-state index contributed by atoms with van der Waals surface area (Å²) >= 11 is 0. The molecule has 28 heavy (non-hydrogen) atoms. The lowest BCUT2D eigenvalue weighted by molar-refractivity contribution is -0.140. The van der Waals surface area contributed by atoms with Gasteiger partial charge in [0, 0.05) is 19.5 Å². The quantitative estimate of drug-likeness (QED) is 0.683. The molecule has 1 N–H and O–H groups in total. The van der Waals surface area contributed by atoms with Crippen LogP contribution in [-0.2, 0) is 22.6 Å². The zero-order valence-corrected chi connectivity index (χ0v) is 17.0. The topological polar surface area (TPSA) is 58.6 Å². The molecule has 0 heterocycles. The van der Waals surface area contributed by atoms with E-state index in [2.05, 4.69) is 5.32 Å². The normalized spacial score (nSPS) is 11.5. The van der Waals surface area contributed by atoms with E-state index in [1.165, 1.54) is 0 Å². The van der Waals surface area contributed by atoms with E-state index in [1.807, 2.05) is 61.5 Å². The molecule has 0 aliphatic carbocycles. The summed E-state index contributed by atoms with van der Waals surface area (Å²) < 4.78 is 5.19. The van der Waals surface area contributed by atoms with Gasteiger partial charge < -0.3 is 15.0 Å². The van der Waals surface area contributed by atoms with Gasteiger partial charge in [0.25, 0.3) is 0 Å². The molecule has 0 spiro atoms. The number of carbonyl (C=O) groups is 2. The van der Waals surface area contributed by atoms with Gasteiger partial charge in [-0.1, -0.05) is 49.4 Å². The van der Waals surface area contributed by atoms with E-state index >= 15 is 0 Å². The monoisotopic (exact) mass is 382 g/mol. The van der Waals surface area contributed by atoms with Crippen LogP contribution in [0.3, 0.4) is 0 Å². The standard InChI is InChI=1S/C23H30N2O3/c1-4-16-24-23(27)18(2)25(17-20-10-13-21(28-3)14-11-20)22(26)15-12-19-8-6-5-7-9-19/h5-11,13-14,18H,4,12,15-17H2,1-3H3,(H,24,27)/t18-/m0/s1. The molecule has 0 unspecified atom stereocenters. The zero-order chi connectivity index (χ0) is 20.4. The number of hydrogen-bond donors (Lipinski definition) is 1. The summed E-state index contributed by atoms with van der Waals surface area (Å²) in [6.45, 7) is 4.79. The highest BCUT2D eigenvalue weighted by atomic mass is 16.5. The van der Waals surface area contributed by atoms with Crippen LogP contribution >= 0.6 is 0 Å². The van der Waals surface area contributed by atoms with Crippen molar-refractivity contribution in [1.82, 2.24) is 10.2 Å². The van der Waals surface area contributed by atoms with Crippen molar-refractivity contribution in [3.05, 3.63) is 65.7 Å². The summed E-state index contributed by atoms with van der Waals surface area (Å²) in [4.78, 5) is 27.1. The number of methoxy groups -OCH3 is 1. The van der Waals surface area contributed by atoms with Crippen LogP contribution in [0, 0.1) is 0 Å². The van der Waals surface area contributed by atoms with Crippen molar-refractivity contribution in [2.45, 2.75) is 45.7 Å². The summed E-state index contributed by atoms with van der Waals surface area (Å²) in [6.07, 6.45) is 1.88. The van der Waals surface area contributed by atoms with Crippen molar-refractivity contribution >= 4 is 11.8 Å². The summed E-state index contributed by atoms with van der Waals surface area (Å²) in [7, 11) is 1.62. The van der Waals surface area contributed by atoms with Crippen molar-refractivity contribution in [1.29, 1.82) is 0 Å². The lowest BCUT2D eigenvalue weighted by Crippen LogP contribution is -2.47. The van der Waals surface area contributed by atoms with Gasteiger partial charge in [-0.05, 0) is 43.0 Å². The second kappa shape index (κ2) is 11.1. The molecule has 0 saturated heterocycles. The highest BCUT2D eigenvalue weighted by molar-refractivity contribution is 5.87. The molecule has 5 heteroatoms. The van der Waals surface area contributed by atoms with E-state index in [0.717, 1.165) is 23.3 Å². The smallest absolute Gasteiger partial charge is 0.242 e.